The molecule has 0 unspecified atom stereocenters. The average molecular weight is 350 g/mol. The number of esters is 3. The van der Waals surface area contributed by atoms with Gasteiger partial charge in [0.2, 0.25) is 0 Å². The van der Waals surface area contributed by atoms with E-state index in [0.717, 1.165) is 5.57 Å². The van der Waals surface area contributed by atoms with Crippen LogP contribution in [0.15, 0.2) is 12.2 Å². The van der Waals surface area contributed by atoms with E-state index in [9.17, 15) is 14.4 Å². The molecule has 0 aromatic carbocycles. The molecule has 1 aliphatic heterocycles. The zero-order valence-corrected chi connectivity index (χ0v) is 15.2. The number of fused-ring (bicyclic) bond motifs is 3. The summed E-state index contributed by atoms with van der Waals surface area (Å²) in [6.07, 6.45) is 0.252. The lowest BCUT2D eigenvalue weighted by Crippen LogP contribution is -2.34. The van der Waals surface area contributed by atoms with Gasteiger partial charge < -0.3 is 14.2 Å². The summed E-state index contributed by atoms with van der Waals surface area (Å²) in [6, 6.07) is 0. The lowest BCUT2D eigenvalue weighted by atomic mass is 9.78. The Morgan fingerprint density at radius 1 is 1.12 bits per heavy atom. The van der Waals surface area contributed by atoms with E-state index in [1.54, 1.807) is 0 Å². The molecule has 6 heteroatoms. The van der Waals surface area contributed by atoms with Crippen LogP contribution in [0.1, 0.15) is 40.5 Å². The van der Waals surface area contributed by atoms with E-state index in [1.807, 2.05) is 13.8 Å². The van der Waals surface area contributed by atoms with Crippen molar-refractivity contribution in [3.05, 3.63) is 12.2 Å². The van der Waals surface area contributed by atoms with Gasteiger partial charge in [-0.15, -0.1) is 0 Å². The van der Waals surface area contributed by atoms with Crippen molar-refractivity contribution >= 4 is 17.9 Å². The first-order valence-corrected chi connectivity index (χ1v) is 8.94. The van der Waals surface area contributed by atoms with E-state index in [0.29, 0.717) is 12.8 Å². The molecule has 0 aromatic rings. The third kappa shape index (κ3) is 3.07. The number of rotatable bonds is 2. The highest BCUT2D eigenvalue weighted by atomic mass is 16.6. The average Bonchev–Trinajstić information content (AvgIpc) is 2.92. The van der Waals surface area contributed by atoms with Crippen LogP contribution >= 0.6 is 0 Å². The van der Waals surface area contributed by atoms with Crippen LogP contribution in [-0.2, 0) is 28.6 Å². The van der Waals surface area contributed by atoms with E-state index >= 15 is 0 Å². The summed E-state index contributed by atoms with van der Waals surface area (Å²) >= 11 is 0. The zero-order chi connectivity index (χ0) is 18.5. The van der Waals surface area contributed by atoms with Crippen LogP contribution in [0.3, 0.4) is 0 Å². The summed E-state index contributed by atoms with van der Waals surface area (Å²) in [4.78, 5) is 35.2. The van der Waals surface area contributed by atoms with Crippen molar-refractivity contribution in [3.63, 3.8) is 0 Å². The molecule has 3 rings (SSSR count). The maximum absolute atomic E-state index is 12.2. The largest absolute Gasteiger partial charge is 0.462 e. The minimum atomic E-state index is -0.430. The summed E-state index contributed by atoms with van der Waals surface area (Å²) < 4.78 is 16.8. The predicted octanol–water partition coefficient (Wildman–Crippen LogP) is 2.26. The fourth-order valence-corrected chi connectivity index (χ4v) is 4.98. The van der Waals surface area contributed by atoms with Crippen LogP contribution in [-0.4, -0.2) is 36.2 Å². The standard InChI is InChI=1S/C19H26O6/c1-8-13-6-16(24-12(5)21)10(3)17(13)18-14(9(2)19(22)25-18)7-15(8)23-11(4)20/h9-10,13-18H,1,6-7H2,2-5H3/t9-,10+,13-,14-,15-,16-,17-,18-/m0/s1. The third-order valence-corrected chi connectivity index (χ3v) is 6.21. The number of carbonyl (C=O) groups excluding carboxylic acids is 3. The smallest absolute Gasteiger partial charge is 0.309 e. The van der Waals surface area contributed by atoms with Crippen molar-refractivity contribution < 1.29 is 28.6 Å². The Morgan fingerprint density at radius 3 is 2.36 bits per heavy atom. The fraction of sp³-hybridized carbons (Fsp3) is 0.737. The van der Waals surface area contributed by atoms with Crippen LogP contribution in [0.25, 0.3) is 0 Å². The molecule has 0 N–H and O–H groups in total. The van der Waals surface area contributed by atoms with Gasteiger partial charge in [0.15, 0.2) is 0 Å². The van der Waals surface area contributed by atoms with Gasteiger partial charge in [-0.3, -0.25) is 14.4 Å². The van der Waals surface area contributed by atoms with Crippen molar-refractivity contribution in [2.75, 3.05) is 0 Å². The molecule has 8 atom stereocenters. The van der Waals surface area contributed by atoms with Gasteiger partial charge in [-0.2, -0.15) is 0 Å². The summed E-state index contributed by atoms with van der Waals surface area (Å²) in [5, 5.41) is 0. The number of carbonyl (C=O) groups is 3. The molecule has 6 nitrogen and oxygen atoms in total. The molecule has 25 heavy (non-hydrogen) atoms. The van der Waals surface area contributed by atoms with Gasteiger partial charge in [0, 0.05) is 31.6 Å². The highest BCUT2D eigenvalue weighted by molar-refractivity contribution is 5.75. The Labute approximate surface area is 147 Å². The van der Waals surface area contributed by atoms with E-state index in [2.05, 4.69) is 6.58 Å². The summed E-state index contributed by atoms with van der Waals surface area (Å²) in [6.45, 7) is 10.9. The van der Waals surface area contributed by atoms with Gasteiger partial charge in [-0.05, 0) is 24.3 Å². The molecule has 1 heterocycles. The first-order chi connectivity index (χ1) is 11.7. The first kappa shape index (κ1) is 18.0. The molecule has 0 amide bonds. The van der Waals surface area contributed by atoms with E-state index in [1.165, 1.54) is 13.8 Å². The molecule has 2 aliphatic carbocycles. The molecule has 3 fully saturated rings. The first-order valence-electron chi connectivity index (χ1n) is 8.94. The Hall–Kier alpha value is -1.85. The lowest BCUT2D eigenvalue weighted by Gasteiger charge is -2.29. The Morgan fingerprint density at radius 2 is 1.76 bits per heavy atom. The van der Waals surface area contributed by atoms with Crippen molar-refractivity contribution in [2.45, 2.75) is 58.8 Å². The van der Waals surface area contributed by atoms with Gasteiger partial charge in [-0.1, -0.05) is 20.4 Å². The molecule has 2 saturated carbocycles. The van der Waals surface area contributed by atoms with Crippen LogP contribution in [0.5, 0.6) is 0 Å². The topological polar surface area (TPSA) is 78.9 Å². The number of hydrogen-bond acceptors (Lipinski definition) is 6. The van der Waals surface area contributed by atoms with Gasteiger partial charge in [-0.25, -0.2) is 0 Å². The Kier molecular flexibility index (Phi) is 4.64. The monoisotopic (exact) mass is 350 g/mol. The van der Waals surface area contributed by atoms with Gasteiger partial charge in [0.25, 0.3) is 0 Å². The quantitative estimate of drug-likeness (QED) is 0.432. The van der Waals surface area contributed by atoms with Crippen LogP contribution in [0.2, 0.25) is 0 Å². The molecule has 0 aromatic heterocycles. The predicted molar refractivity (Wildman–Crippen MR) is 88.2 cm³/mol. The molecule has 138 valence electrons. The summed E-state index contributed by atoms with van der Waals surface area (Å²) in [7, 11) is 0. The van der Waals surface area contributed by atoms with Crippen molar-refractivity contribution in [1.29, 1.82) is 0 Å². The van der Waals surface area contributed by atoms with Crippen LogP contribution in [0.4, 0.5) is 0 Å². The summed E-state index contributed by atoms with van der Waals surface area (Å²) in [5.74, 6) is -1.08. The Balaban J connectivity index is 1.95. The van der Waals surface area contributed by atoms with Crippen LogP contribution in [0, 0.1) is 29.6 Å². The van der Waals surface area contributed by atoms with Crippen molar-refractivity contribution in [2.24, 2.45) is 29.6 Å². The molecular weight excluding hydrogens is 324 g/mol. The maximum Gasteiger partial charge on any atom is 0.309 e. The fourth-order valence-electron chi connectivity index (χ4n) is 4.98. The normalized spacial score (nSPS) is 42.9. The van der Waals surface area contributed by atoms with Crippen LogP contribution < -0.4 is 0 Å². The van der Waals surface area contributed by atoms with Crippen molar-refractivity contribution in [3.8, 4) is 0 Å². The minimum absolute atomic E-state index is 0.00296. The lowest BCUT2D eigenvalue weighted by molar-refractivity contribution is -0.151. The molecule has 1 saturated heterocycles. The van der Waals surface area contributed by atoms with Gasteiger partial charge in [0.1, 0.15) is 18.3 Å². The molecule has 0 radical (unpaired) electrons. The van der Waals surface area contributed by atoms with E-state index in [4.69, 9.17) is 14.2 Å². The number of ether oxygens (including phenoxy) is 3. The van der Waals surface area contributed by atoms with Gasteiger partial charge in [0.05, 0.1) is 5.92 Å². The molecule has 0 bridgehead atoms. The molecule has 3 aliphatic rings. The van der Waals surface area contributed by atoms with Gasteiger partial charge >= 0.3 is 17.9 Å². The number of hydrogen-bond donors (Lipinski definition) is 0. The second-order valence-corrected chi connectivity index (χ2v) is 7.69. The molecule has 0 spiro atoms. The zero-order valence-electron chi connectivity index (χ0n) is 15.2. The Bertz CT molecular complexity index is 611. The third-order valence-electron chi connectivity index (χ3n) is 6.21. The SMILES string of the molecule is C=C1[C@@H](OC(C)=O)C[C@@H]2[C@H](OC(=O)[C@H]2C)[C@H]2[C@H](C)[C@@H](OC(C)=O)C[C@@H]12. The minimum Gasteiger partial charge on any atom is -0.462 e. The second-order valence-electron chi connectivity index (χ2n) is 7.69. The van der Waals surface area contributed by atoms with E-state index in [-0.39, 0.29) is 59.7 Å². The highest BCUT2D eigenvalue weighted by Gasteiger charge is 2.58. The second kappa shape index (κ2) is 6.46. The molecular formula is C19H26O6. The summed E-state index contributed by atoms with van der Waals surface area (Å²) in [5.41, 5.74) is 0.847. The van der Waals surface area contributed by atoms with Crippen molar-refractivity contribution in [1.82, 2.24) is 0 Å². The highest BCUT2D eigenvalue weighted by Crippen LogP contribution is 2.53. The van der Waals surface area contributed by atoms with E-state index < -0.39 is 6.10 Å². The maximum atomic E-state index is 12.2.